The average molecular weight is 497 g/mol. The third-order valence-corrected chi connectivity index (χ3v) is 8.38. The van der Waals surface area contributed by atoms with Gasteiger partial charge in [0, 0.05) is 29.1 Å². The summed E-state index contributed by atoms with van der Waals surface area (Å²) in [5, 5.41) is 4.06. The number of nitrogens with one attached hydrogen (secondary N) is 1. The summed E-state index contributed by atoms with van der Waals surface area (Å²) in [7, 11) is -2.22. The summed E-state index contributed by atoms with van der Waals surface area (Å²) in [6.45, 7) is 3.97. The topological polar surface area (TPSA) is 90.0 Å². The number of pyridine rings is 1. The number of aryl methyl sites for hydroxylation is 2. The Morgan fingerprint density at radius 2 is 1.91 bits per heavy atom. The summed E-state index contributed by atoms with van der Waals surface area (Å²) in [6.07, 6.45) is 7.57. The SMILES string of the molecule is CNS(=O)(=O)c1cccc(-c2cn(CC3(F)CCCCC3)c3cc(-c4c(C)noc4C)cnc23)c1. The van der Waals surface area contributed by atoms with E-state index in [4.69, 9.17) is 9.51 Å². The minimum Gasteiger partial charge on any atom is -0.361 e. The summed E-state index contributed by atoms with van der Waals surface area (Å²) < 4.78 is 50.3. The predicted octanol–water partition coefficient (Wildman–Crippen LogP) is 5.56. The molecule has 0 amide bonds. The van der Waals surface area contributed by atoms with Crippen LogP contribution in [0.15, 0.2) is 52.1 Å². The highest BCUT2D eigenvalue weighted by Gasteiger charge is 2.33. The van der Waals surface area contributed by atoms with E-state index in [0.717, 1.165) is 47.2 Å². The molecule has 1 N–H and O–H groups in total. The Morgan fingerprint density at radius 3 is 2.60 bits per heavy atom. The van der Waals surface area contributed by atoms with Crippen LogP contribution >= 0.6 is 0 Å². The van der Waals surface area contributed by atoms with Gasteiger partial charge in [-0.05, 0) is 57.5 Å². The van der Waals surface area contributed by atoms with Crippen molar-refractivity contribution in [1.82, 2.24) is 19.4 Å². The molecule has 1 aliphatic carbocycles. The zero-order chi connectivity index (χ0) is 24.8. The van der Waals surface area contributed by atoms with Crippen molar-refractivity contribution >= 4 is 21.1 Å². The molecule has 184 valence electrons. The van der Waals surface area contributed by atoms with Gasteiger partial charge in [0.05, 0.1) is 28.2 Å². The zero-order valence-corrected chi connectivity index (χ0v) is 21.0. The van der Waals surface area contributed by atoms with Gasteiger partial charge in [-0.1, -0.05) is 36.6 Å². The Balaban J connectivity index is 1.69. The Hall–Kier alpha value is -3.04. The standard InChI is InChI=1S/C26H29FN4O3S/c1-17-24(18(2)34-30-17)20-13-23-25(29-14-20)22(15-31(23)16-26(27)10-5-4-6-11-26)19-8-7-9-21(12-19)35(32,33)28-3/h7-9,12-15,28H,4-6,10-11,16H2,1-3H3. The maximum Gasteiger partial charge on any atom is 0.240 e. The molecule has 5 rings (SSSR count). The number of hydrogen-bond acceptors (Lipinski definition) is 5. The fourth-order valence-corrected chi connectivity index (χ4v) is 5.91. The van der Waals surface area contributed by atoms with Crippen molar-refractivity contribution in [3.8, 4) is 22.3 Å². The van der Waals surface area contributed by atoms with Crippen LogP contribution in [0.2, 0.25) is 0 Å². The van der Waals surface area contributed by atoms with Crippen LogP contribution in [0.4, 0.5) is 4.39 Å². The highest BCUT2D eigenvalue weighted by atomic mass is 32.2. The van der Waals surface area contributed by atoms with Gasteiger partial charge in [0.2, 0.25) is 10.0 Å². The van der Waals surface area contributed by atoms with Crippen LogP contribution in [-0.4, -0.2) is 35.8 Å². The van der Waals surface area contributed by atoms with Gasteiger partial charge in [-0.25, -0.2) is 17.5 Å². The Kier molecular flexibility index (Phi) is 6.01. The number of rotatable bonds is 6. The van der Waals surface area contributed by atoms with E-state index in [1.54, 1.807) is 24.4 Å². The van der Waals surface area contributed by atoms with Crippen LogP contribution in [0.5, 0.6) is 0 Å². The van der Waals surface area contributed by atoms with Crippen molar-refractivity contribution in [2.24, 2.45) is 0 Å². The highest BCUT2D eigenvalue weighted by Crippen LogP contribution is 2.38. The molecule has 0 saturated heterocycles. The summed E-state index contributed by atoms with van der Waals surface area (Å²) in [5.74, 6) is 0.696. The molecule has 0 radical (unpaired) electrons. The van der Waals surface area contributed by atoms with E-state index in [0.29, 0.717) is 29.7 Å². The van der Waals surface area contributed by atoms with Crippen LogP contribution in [0.3, 0.4) is 0 Å². The molecule has 1 saturated carbocycles. The normalized spacial score (nSPS) is 16.1. The van der Waals surface area contributed by atoms with Gasteiger partial charge in [0.15, 0.2) is 0 Å². The van der Waals surface area contributed by atoms with Gasteiger partial charge in [-0.3, -0.25) is 4.98 Å². The van der Waals surface area contributed by atoms with Crippen LogP contribution < -0.4 is 4.72 Å². The van der Waals surface area contributed by atoms with Crippen LogP contribution in [-0.2, 0) is 16.6 Å². The fourth-order valence-electron chi connectivity index (χ4n) is 5.14. The fraction of sp³-hybridized carbons (Fsp3) is 0.385. The van der Waals surface area contributed by atoms with Crippen LogP contribution in [0.25, 0.3) is 33.3 Å². The number of alkyl halides is 1. The van der Waals surface area contributed by atoms with Crippen molar-refractivity contribution in [3.05, 3.63) is 54.2 Å². The number of aromatic nitrogens is 3. The molecule has 3 heterocycles. The first-order valence-corrected chi connectivity index (χ1v) is 13.3. The van der Waals surface area contributed by atoms with Crippen molar-refractivity contribution in [2.45, 2.75) is 63.1 Å². The van der Waals surface area contributed by atoms with Crippen molar-refractivity contribution in [3.63, 3.8) is 0 Å². The lowest BCUT2D eigenvalue weighted by Gasteiger charge is -2.30. The van der Waals surface area contributed by atoms with E-state index in [-0.39, 0.29) is 11.4 Å². The average Bonchev–Trinajstić information content (AvgIpc) is 3.38. The number of hydrogen-bond donors (Lipinski definition) is 1. The lowest BCUT2D eigenvalue weighted by molar-refractivity contribution is 0.0873. The third-order valence-electron chi connectivity index (χ3n) is 6.97. The lowest BCUT2D eigenvalue weighted by atomic mass is 9.86. The first-order valence-electron chi connectivity index (χ1n) is 11.9. The van der Waals surface area contributed by atoms with Crippen molar-refractivity contribution in [2.75, 3.05) is 7.05 Å². The summed E-state index contributed by atoms with van der Waals surface area (Å²) in [6, 6.07) is 8.73. The van der Waals surface area contributed by atoms with Gasteiger partial charge in [0.1, 0.15) is 11.4 Å². The smallest absolute Gasteiger partial charge is 0.240 e. The number of nitrogens with zero attached hydrogens (tertiary/aromatic N) is 3. The molecule has 4 aromatic rings. The Bertz CT molecular complexity index is 1480. The summed E-state index contributed by atoms with van der Waals surface area (Å²) in [4.78, 5) is 4.93. The predicted molar refractivity (Wildman–Crippen MR) is 133 cm³/mol. The number of benzene rings is 1. The van der Waals surface area contributed by atoms with E-state index in [1.165, 1.54) is 7.05 Å². The first kappa shape index (κ1) is 23.7. The highest BCUT2D eigenvalue weighted by molar-refractivity contribution is 7.89. The third kappa shape index (κ3) is 4.38. The minimum absolute atomic E-state index is 0.167. The van der Waals surface area contributed by atoms with Gasteiger partial charge in [-0.2, -0.15) is 0 Å². The number of sulfonamides is 1. The summed E-state index contributed by atoms with van der Waals surface area (Å²) in [5.41, 5.74) is 4.17. The van der Waals surface area contributed by atoms with Gasteiger partial charge in [0.25, 0.3) is 0 Å². The van der Waals surface area contributed by atoms with E-state index in [2.05, 4.69) is 9.88 Å². The van der Waals surface area contributed by atoms with Gasteiger partial charge in [-0.15, -0.1) is 0 Å². The number of fused-ring (bicyclic) bond motifs is 1. The van der Waals surface area contributed by atoms with E-state index in [9.17, 15) is 8.42 Å². The largest absolute Gasteiger partial charge is 0.361 e. The molecular formula is C26H29FN4O3S. The molecule has 0 atom stereocenters. The van der Waals surface area contributed by atoms with Crippen molar-refractivity contribution in [1.29, 1.82) is 0 Å². The molecule has 9 heteroatoms. The maximum absolute atomic E-state index is 15.8. The van der Waals surface area contributed by atoms with Crippen molar-refractivity contribution < 1.29 is 17.3 Å². The second kappa shape index (κ2) is 8.87. The zero-order valence-electron chi connectivity index (χ0n) is 20.1. The lowest BCUT2D eigenvalue weighted by Crippen LogP contribution is -2.31. The molecular weight excluding hydrogens is 467 g/mol. The van der Waals surface area contributed by atoms with E-state index in [1.807, 2.05) is 36.7 Å². The maximum atomic E-state index is 15.8. The van der Waals surface area contributed by atoms with Gasteiger partial charge >= 0.3 is 0 Å². The molecule has 0 aliphatic heterocycles. The van der Waals surface area contributed by atoms with Crippen LogP contribution in [0, 0.1) is 13.8 Å². The Labute approximate surface area is 204 Å². The first-order chi connectivity index (χ1) is 16.7. The summed E-state index contributed by atoms with van der Waals surface area (Å²) >= 11 is 0. The Morgan fingerprint density at radius 1 is 1.14 bits per heavy atom. The molecule has 7 nitrogen and oxygen atoms in total. The molecule has 3 aromatic heterocycles. The second-order valence-electron chi connectivity index (χ2n) is 9.41. The second-order valence-corrected chi connectivity index (χ2v) is 11.3. The minimum atomic E-state index is -3.61. The molecule has 1 aliphatic rings. The van der Waals surface area contributed by atoms with E-state index < -0.39 is 15.7 Å². The molecule has 0 bridgehead atoms. The van der Waals surface area contributed by atoms with Crippen LogP contribution in [0.1, 0.15) is 43.6 Å². The molecule has 35 heavy (non-hydrogen) atoms. The van der Waals surface area contributed by atoms with Gasteiger partial charge < -0.3 is 9.09 Å². The number of halogens is 1. The molecule has 0 unspecified atom stereocenters. The van der Waals surface area contributed by atoms with E-state index >= 15 is 4.39 Å². The monoisotopic (exact) mass is 496 g/mol. The molecule has 1 fully saturated rings. The molecule has 1 aromatic carbocycles. The molecule has 0 spiro atoms. The quantitative estimate of drug-likeness (QED) is 0.378.